The molecule has 3 aromatic rings. The monoisotopic (exact) mass is 487 g/mol. The lowest BCUT2D eigenvalue weighted by Gasteiger charge is -2.22. The summed E-state index contributed by atoms with van der Waals surface area (Å²) < 4.78 is 39.7. The lowest BCUT2D eigenvalue weighted by atomic mass is 9.96. The minimum absolute atomic E-state index is 0.0694. The van der Waals surface area contributed by atoms with E-state index in [0.29, 0.717) is 17.5 Å². The summed E-state index contributed by atoms with van der Waals surface area (Å²) in [4.78, 5) is 5.71. The fourth-order valence-electron chi connectivity index (χ4n) is 4.07. The van der Waals surface area contributed by atoms with Crippen molar-refractivity contribution in [2.24, 2.45) is 0 Å². The molecule has 0 unspecified atom stereocenters. The second-order valence-corrected chi connectivity index (χ2v) is 10.8. The number of hydrogen-bond acceptors (Lipinski definition) is 7. The zero-order valence-corrected chi connectivity index (χ0v) is 20.7. The number of nitrogens with zero attached hydrogens (tertiary/aromatic N) is 1. The molecule has 33 heavy (non-hydrogen) atoms. The molecule has 1 aliphatic carbocycles. The summed E-state index contributed by atoms with van der Waals surface area (Å²) in [5, 5.41) is 4.44. The molecule has 1 saturated carbocycles. The molecule has 0 aliphatic heterocycles. The van der Waals surface area contributed by atoms with Crippen LogP contribution in [0.25, 0.3) is 10.4 Å². The van der Waals surface area contributed by atoms with Crippen molar-refractivity contribution in [1.82, 2.24) is 4.98 Å². The van der Waals surface area contributed by atoms with E-state index in [9.17, 15) is 8.42 Å². The molecule has 0 spiro atoms. The highest BCUT2D eigenvalue weighted by Gasteiger charge is 2.23. The smallest absolute Gasteiger partial charge is 0.265 e. The number of methoxy groups -OCH3 is 2. The number of aromatic nitrogens is 1. The zero-order valence-electron chi connectivity index (χ0n) is 19.1. The van der Waals surface area contributed by atoms with Crippen LogP contribution in [0.5, 0.6) is 11.5 Å². The Kier molecular flexibility index (Phi) is 7.09. The van der Waals surface area contributed by atoms with Crippen LogP contribution >= 0.6 is 11.3 Å². The molecule has 2 aromatic carbocycles. The number of anilines is 2. The lowest BCUT2D eigenvalue weighted by molar-refractivity contribution is 0.403. The van der Waals surface area contributed by atoms with Crippen LogP contribution in [0.2, 0.25) is 0 Å². The zero-order chi connectivity index (χ0) is 23.4. The number of rotatable bonds is 8. The number of nitrogens with one attached hydrogen (secondary N) is 2. The number of sulfonamides is 1. The largest absolute Gasteiger partial charge is 0.497 e. The van der Waals surface area contributed by atoms with Crippen LogP contribution in [0.15, 0.2) is 47.4 Å². The normalized spacial score (nSPS) is 14.6. The molecular weight excluding hydrogens is 458 g/mol. The Morgan fingerprint density at radius 1 is 1.03 bits per heavy atom. The van der Waals surface area contributed by atoms with Crippen LogP contribution in [0, 0.1) is 6.92 Å². The number of aryl methyl sites for hydroxylation is 1. The van der Waals surface area contributed by atoms with E-state index in [0.717, 1.165) is 34.1 Å². The molecule has 9 heteroatoms. The van der Waals surface area contributed by atoms with Gasteiger partial charge in [-0.3, -0.25) is 4.72 Å². The molecule has 1 aliphatic rings. The number of benzene rings is 2. The van der Waals surface area contributed by atoms with Gasteiger partial charge >= 0.3 is 0 Å². The van der Waals surface area contributed by atoms with Gasteiger partial charge in [-0.05, 0) is 55.7 Å². The van der Waals surface area contributed by atoms with Gasteiger partial charge in [0.2, 0.25) is 0 Å². The van der Waals surface area contributed by atoms with Gasteiger partial charge in [-0.2, -0.15) is 0 Å². The third kappa shape index (κ3) is 5.42. The van der Waals surface area contributed by atoms with Crippen LogP contribution in [-0.4, -0.2) is 33.7 Å². The van der Waals surface area contributed by atoms with Gasteiger partial charge in [0.05, 0.1) is 30.5 Å². The number of thiazole rings is 1. The van der Waals surface area contributed by atoms with Crippen molar-refractivity contribution in [3.63, 3.8) is 0 Å². The molecule has 0 bridgehead atoms. The second-order valence-electron chi connectivity index (χ2n) is 8.12. The van der Waals surface area contributed by atoms with E-state index in [1.165, 1.54) is 33.5 Å². The lowest BCUT2D eigenvalue weighted by Crippen LogP contribution is -2.21. The van der Waals surface area contributed by atoms with Gasteiger partial charge < -0.3 is 14.8 Å². The molecular formula is C24H29N3O4S2. The number of ether oxygens (including phenoxy) is 2. The van der Waals surface area contributed by atoms with Crippen molar-refractivity contribution in [1.29, 1.82) is 0 Å². The fraction of sp³-hybridized carbons (Fsp3) is 0.375. The topological polar surface area (TPSA) is 89.5 Å². The summed E-state index contributed by atoms with van der Waals surface area (Å²) in [6, 6.07) is 12.4. The Morgan fingerprint density at radius 2 is 1.82 bits per heavy atom. The molecule has 1 aromatic heterocycles. The van der Waals surface area contributed by atoms with Crippen LogP contribution in [0.3, 0.4) is 0 Å². The van der Waals surface area contributed by atoms with Crippen LogP contribution in [0.1, 0.15) is 37.8 Å². The van der Waals surface area contributed by atoms with Gasteiger partial charge in [0, 0.05) is 12.1 Å². The van der Waals surface area contributed by atoms with Crippen molar-refractivity contribution < 1.29 is 17.9 Å². The van der Waals surface area contributed by atoms with Gasteiger partial charge in [0.25, 0.3) is 10.0 Å². The summed E-state index contributed by atoms with van der Waals surface area (Å²) in [6.45, 7) is 1.95. The Balaban J connectivity index is 1.64. The molecule has 0 atom stereocenters. The summed E-state index contributed by atoms with van der Waals surface area (Å²) in [5.41, 5.74) is 2.07. The maximum atomic E-state index is 13.3. The van der Waals surface area contributed by atoms with E-state index in [1.54, 1.807) is 47.7 Å². The molecule has 0 amide bonds. The third-order valence-corrected chi connectivity index (χ3v) is 8.31. The average Bonchev–Trinajstić information content (AvgIpc) is 3.18. The molecule has 7 nitrogen and oxygen atoms in total. The highest BCUT2D eigenvalue weighted by molar-refractivity contribution is 7.92. The van der Waals surface area contributed by atoms with Gasteiger partial charge in [0.1, 0.15) is 16.4 Å². The van der Waals surface area contributed by atoms with E-state index in [2.05, 4.69) is 10.0 Å². The SMILES string of the molecule is COc1cccc(NS(=O)(=O)c2cc(-c3sc(NC4CCCCC4)nc3C)ccc2OC)c1. The summed E-state index contributed by atoms with van der Waals surface area (Å²) in [6.07, 6.45) is 6.11. The third-order valence-electron chi connectivity index (χ3n) is 5.77. The number of hydrogen-bond donors (Lipinski definition) is 2. The standard InChI is InChI=1S/C24H29N3O4S2/c1-16-23(32-24(25-16)26-18-8-5-4-6-9-18)17-12-13-21(31-3)22(14-17)33(28,29)27-19-10-7-11-20(15-19)30-2/h7,10-15,18,27H,4-6,8-9H2,1-3H3,(H,25,26). The molecule has 2 N–H and O–H groups in total. The van der Waals surface area contributed by atoms with Gasteiger partial charge in [-0.25, -0.2) is 13.4 Å². The van der Waals surface area contributed by atoms with Gasteiger partial charge in [-0.1, -0.05) is 36.7 Å². The molecule has 0 radical (unpaired) electrons. The Labute approximate surface area is 199 Å². The fourth-order valence-corrected chi connectivity index (χ4v) is 6.36. The molecule has 0 saturated heterocycles. The minimum atomic E-state index is -3.90. The first-order valence-electron chi connectivity index (χ1n) is 11.0. The van der Waals surface area contributed by atoms with Gasteiger partial charge in [-0.15, -0.1) is 0 Å². The predicted molar refractivity (Wildman–Crippen MR) is 133 cm³/mol. The van der Waals surface area contributed by atoms with Crippen LogP contribution < -0.4 is 19.5 Å². The highest BCUT2D eigenvalue weighted by Crippen LogP contribution is 2.37. The second kappa shape index (κ2) is 10.0. The van der Waals surface area contributed by atoms with Crippen LogP contribution in [0.4, 0.5) is 10.8 Å². The van der Waals surface area contributed by atoms with Crippen molar-refractivity contribution in [2.45, 2.75) is 50.0 Å². The molecule has 176 valence electrons. The Bertz CT molecular complexity index is 1220. The maximum Gasteiger partial charge on any atom is 0.265 e. The van der Waals surface area contributed by atoms with Crippen LogP contribution in [-0.2, 0) is 10.0 Å². The first kappa shape index (κ1) is 23.4. The molecule has 1 fully saturated rings. The van der Waals surface area contributed by atoms with E-state index < -0.39 is 10.0 Å². The first-order valence-corrected chi connectivity index (χ1v) is 13.3. The Hall–Kier alpha value is -2.78. The van der Waals surface area contributed by atoms with Crippen molar-refractivity contribution in [3.05, 3.63) is 48.2 Å². The van der Waals surface area contributed by atoms with E-state index in [4.69, 9.17) is 14.5 Å². The van der Waals surface area contributed by atoms with Crippen molar-refractivity contribution in [2.75, 3.05) is 24.3 Å². The van der Waals surface area contributed by atoms with E-state index in [1.807, 2.05) is 13.0 Å². The van der Waals surface area contributed by atoms with E-state index in [-0.39, 0.29) is 10.6 Å². The molecule has 1 heterocycles. The summed E-state index contributed by atoms with van der Waals surface area (Å²) in [7, 11) is -0.904. The Morgan fingerprint density at radius 3 is 2.55 bits per heavy atom. The summed E-state index contributed by atoms with van der Waals surface area (Å²) >= 11 is 1.55. The average molecular weight is 488 g/mol. The molecule has 4 rings (SSSR count). The minimum Gasteiger partial charge on any atom is -0.497 e. The van der Waals surface area contributed by atoms with E-state index >= 15 is 0 Å². The highest BCUT2D eigenvalue weighted by atomic mass is 32.2. The van der Waals surface area contributed by atoms with Gasteiger partial charge in [0.15, 0.2) is 5.13 Å². The quantitative estimate of drug-likeness (QED) is 0.425. The first-order chi connectivity index (χ1) is 15.9. The van der Waals surface area contributed by atoms with Crippen molar-refractivity contribution in [3.8, 4) is 21.9 Å². The maximum absolute atomic E-state index is 13.3. The summed E-state index contributed by atoms with van der Waals surface area (Å²) in [5.74, 6) is 0.839. The van der Waals surface area contributed by atoms with Crippen molar-refractivity contribution >= 4 is 32.2 Å². The predicted octanol–water partition coefficient (Wildman–Crippen LogP) is 5.68.